The molecule has 7 nitrogen and oxygen atoms in total. The van der Waals surface area contributed by atoms with Crippen LogP contribution in [-0.2, 0) is 6.54 Å². The number of aromatic amines is 2. The van der Waals surface area contributed by atoms with Crippen molar-refractivity contribution in [2.24, 2.45) is 0 Å². The van der Waals surface area contributed by atoms with Crippen LogP contribution in [0.5, 0.6) is 0 Å². The summed E-state index contributed by atoms with van der Waals surface area (Å²) in [6.07, 6.45) is 7.84. The maximum Gasteiger partial charge on any atom is 0.257 e. The Kier molecular flexibility index (Phi) is 5.59. The van der Waals surface area contributed by atoms with Crippen LogP contribution < -0.4 is 10.9 Å². The summed E-state index contributed by atoms with van der Waals surface area (Å²) in [5.41, 5.74) is 4.43. The van der Waals surface area contributed by atoms with Crippen molar-refractivity contribution >= 4 is 16.8 Å². The van der Waals surface area contributed by atoms with Gasteiger partial charge in [-0.05, 0) is 42.3 Å². The molecular weight excluding hydrogens is 414 g/mol. The first-order chi connectivity index (χ1) is 16.2. The van der Waals surface area contributed by atoms with Gasteiger partial charge in [0.05, 0.1) is 17.6 Å². The van der Waals surface area contributed by atoms with Crippen molar-refractivity contribution in [1.29, 1.82) is 0 Å². The molecule has 5 aromatic rings. The third-order valence-electron chi connectivity index (χ3n) is 5.65. The third kappa shape index (κ3) is 4.21. The van der Waals surface area contributed by atoms with Gasteiger partial charge in [0, 0.05) is 53.7 Å². The highest BCUT2D eigenvalue weighted by Crippen LogP contribution is 2.37. The molecule has 0 fully saturated rings. The van der Waals surface area contributed by atoms with E-state index in [1.807, 2.05) is 53.2 Å². The molecule has 0 atom stereocenters. The predicted molar refractivity (Wildman–Crippen MR) is 129 cm³/mol. The number of aromatic nitrogens is 4. The molecule has 3 heterocycles. The number of benzene rings is 2. The summed E-state index contributed by atoms with van der Waals surface area (Å²) in [5, 5.41) is 3.89. The zero-order valence-electron chi connectivity index (χ0n) is 17.9. The fraction of sp³-hybridized carbons (Fsp3) is 0.115. The van der Waals surface area contributed by atoms with Crippen molar-refractivity contribution in [1.82, 2.24) is 24.8 Å². The number of hydrogen-bond donors (Lipinski definition) is 3. The van der Waals surface area contributed by atoms with Crippen LogP contribution in [-0.4, -0.2) is 32.0 Å². The van der Waals surface area contributed by atoms with Gasteiger partial charge in [-0.15, -0.1) is 0 Å². The van der Waals surface area contributed by atoms with Crippen molar-refractivity contribution in [3.05, 3.63) is 101 Å². The lowest BCUT2D eigenvalue weighted by molar-refractivity contribution is 0.0953. The van der Waals surface area contributed by atoms with Crippen molar-refractivity contribution in [3.63, 3.8) is 0 Å². The van der Waals surface area contributed by atoms with E-state index in [2.05, 4.69) is 20.3 Å². The van der Waals surface area contributed by atoms with E-state index in [1.165, 1.54) is 0 Å². The Labute approximate surface area is 190 Å². The summed E-state index contributed by atoms with van der Waals surface area (Å²) in [7, 11) is 0. The number of fused-ring (bicyclic) bond motifs is 1. The number of pyridine rings is 1. The quantitative estimate of drug-likeness (QED) is 0.333. The number of amides is 1. The zero-order chi connectivity index (χ0) is 22.6. The van der Waals surface area contributed by atoms with Crippen LogP contribution in [0.15, 0.2) is 90.4 Å². The molecule has 7 heteroatoms. The van der Waals surface area contributed by atoms with Crippen LogP contribution in [0.3, 0.4) is 0 Å². The Morgan fingerprint density at radius 2 is 1.94 bits per heavy atom. The van der Waals surface area contributed by atoms with E-state index in [-0.39, 0.29) is 11.5 Å². The Hall–Kier alpha value is -4.39. The number of imidazole rings is 1. The van der Waals surface area contributed by atoms with Crippen LogP contribution in [0, 0.1) is 0 Å². The largest absolute Gasteiger partial charge is 0.354 e. The summed E-state index contributed by atoms with van der Waals surface area (Å²) >= 11 is 0. The minimum Gasteiger partial charge on any atom is -0.354 e. The monoisotopic (exact) mass is 437 g/mol. The molecule has 0 radical (unpaired) electrons. The molecule has 1 amide bonds. The average molecular weight is 438 g/mol. The van der Waals surface area contributed by atoms with Crippen LogP contribution in [0.25, 0.3) is 33.3 Å². The van der Waals surface area contributed by atoms with E-state index in [1.54, 1.807) is 36.9 Å². The number of H-pyrrole nitrogens is 2. The second kappa shape index (κ2) is 9.00. The van der Waals surface area contributed by atoms with Gasteiger partial charge in [-0.25, -0.2) is 4.98 Å². The molecule has 0 aliphatic carbocycles. The van der Waals surface area contributed by atoms with E-state index < -0.39 is 0 Å². The van der Waals surface area contributed by atoms with Gasteiger partial charge in [0.15, 0.2) is 0 Å². The van der Waals surface area contributed by atoms with Gasteiger partial charge < -0.3 is 19.9 Å². The molecule has 0 saturated carbocycles. The third-order valence-corrected chi connectivity index (χ3v) is 5.65. The Morgan fingerprint density at radius 1 is 1.06 bits per heavy atom. The van der Waals surface area contributed by atoms with Gasteiger partial charge in [0.2, 0.25) is 0 Å². The Morgan fingerprint density at radius 3 is 2.73 bits per heavy atom. The van der Waals surface area contributed by atoms with Crippen molar-refractivity contribution in [3.8, 4) is 22.4 Å². The number of carbonyl (C=O) groups is 1. The number of carbonyl (C=O) groups excluding carboxylic acids is 1. The van der Waals surface area contributed by atoms with Gasteiger partial charge in [0.1, 0.15) is 0 Å². The summed E-state index contributed by atoms with van der Waals surface area (Å²) in [6, 6.07) is 19.1. The maximum atomic E-state index is 12.8. The predicted octanol–water partition coefficient (Wildman–Crippen LogP) is 4.21. The number of nitrogens with zero attached hydrogens (tertiary/aromatic N) is 2. The summed E-state index contributed by atoms with van der Waals surface area (Å²) in [5.74, 6) is -0.123. The van der Waals surface area contributed by atoms with E-state index in [0.717, 1.165) is 40.7 Å². The Bertz CT molecular complexity index is 1450. The lowest BCUT2D eigenvalue weighted by Gasteiger charge is -2.07. The fourth-order valence-electron chi connectivity index (χ4n) is 4.04. The maximum absolute atomic E-state index is 12.8. The first kappa shape index (κ1) is 20.5. The lowest BCUT2D eigenvalue weighted by atomic mass is 9.98. The smallest absolute Gasteiger partial charge is 0.257 e. The molecule has 5 rings (SSSR count). The SMILES string of the molecule is O=C(NCCCn1ccnc1)c1ccc2[nH]c(-c3ccc[nH]c3=O)c(-c3ccccc3)c2c1. The summed E-state index contributed by atoms with van der Waals surface area (Å²) < 4.78 is 1.98. The molecule has 0 unspecified atom stereocenters. The lowest BCUT2D eigenvalue weighted by Crippen LogP contribution is -2.25. The molecule has 0 saturated heterocycles. The van der Waals surface area contributed by atoms with Gasteiger partial charge in [-0.2, -0.15) is 0 Å². The highest BCUT2D eigenvalue weighted by molar-refractivity contribution is 6.07. The van der Waals surface area contributed by atoms with Crippen LogP contribution in [0.4, 0.5) is 0 Å². The first-order valence-corrected chi connectivity index (χ1v) is 10.8. The second-order valence-electron chi connectivity index (χ2n) is 7.82. The number of nitrogens with one attached hydrogen (secondary N) is 3. The summed E-state index contributed by atoms with van der Waals surface area (Å²) in [4.78, 5) is 35.5. The first-order valence-electron chi connectivity index (χ1n) is 10.8. The molecule has 2 aromatic carbocycles. The van der Waals surface area contributed by atoms with Crippen LogP contribution >= 0.6 is 0 Å². The summed E-state index contributed by atoms with van der Waals surface area (Å²) in [6.45, 7) is 1.36. The van der Waals surface area contributed by atoms with E-state index in [0.29, 0.717) is 17.7 Å². The zero-order valence-corrected chi connectivity index (χ0v) is 17.9. The van der Waals surface area contributed by atoms with Crippen molar-refractivity contribution in [2.75, 3.05) is 6.54 Å². The molecule has 3 N–H and O–H groups in total. The average Bonchev–Trinajstić information content (AvgIpc) is 3.50. The molecular formula is C26H23N5O2. The van der Waals surface area contributed by atoms with E-state index >= 15 is 0 Å². The molecule has 33 heavy (non-hydrogen) atoms. The molecule has 0 bridgehead atoms. The van der Waals surface area contributed by atoms with Crippen LogP contribution in [0.2, 0.25) is 0 Å². The molecule has 164 valence electrons. The van der Waals surface area contributed by atoms with Crippen LogP contribution in [0.1, 0.15) is 16.8 Å². The van der Waals surface area contributed by atoms with Gasteiger partial charge in [-0.1, -0.05) is 30.3 Å². The van der Waals surface area contributed by atoms with Gasteiger partial charge in [0.25, 0.3) is 11.5 Å². The topological polar surface area (TPSA) is 95.6 Å². The van der Waals surface area contributed by atoms with E-state index in [4.69, 9.17) is 0 Å². The highest BCUT2D eigenvalue weighted by Gasteiger charge is 2.18. The number of hydrogen-bond acceptors (Lipinski definition) is 3. The minimum absolute atomic E-state index is 0.123. The van der Waals surface area contributed by atoms with Gasteiger partial charge in [-0.3, -0.25) is 9.59 Å². The number of aryl methyl sites for hydroxylation is 1. The normalized spacial score (nSPS) is 11.0. The number of rotatable bonds is 7. The molecule has 3 aromatic heterocycles. The second-order valence-corrected chi connectivity index (χ2v) is 7.82. The van der Waals surface area contributed by atoms with E-state index in [9.17, 15) is 9.59 Å². The van der Waals surface area contributed by atoms with Crippen molar-refractivity contribution in [2.45, 2.75) is 13.0 Å². The minimum atomic E-state index is -0.169. The molecule has 0 aliphatic heterocycles. The van der Waals surface area contributed by atoms with Crippen molar-refractivity contribution < 1.29 is 4.79 Å². The standard InChI is InChI=1S/C26H23N5O2/c32-25(28-12-5-14-31-15-13-27-17-31)19-9-10-22-21(16-19)23(18-6-2-1-3-7-18)24(30-22)20-8-4-11-29-26(20)33/h1-4,6-11,13,15-17,30H,5,12,14H2,(H,28,32)(H,29,33). The fourth-order valence-corrected chi connectivity index (χ4v) is 4.04. The highest BCUT2D eigenvalue weighted by atomic mass is 16.1. The van der Waals surface area contributed by atoms with Gasteiger partial charge >= 0.3 is 0 Å². The molecule has 0 spiro atoms. The Balaban J connectivity index is 1.48. The molecule has 0 aliphatic rings.